The van der Waals surface area contributed by atoms with Crippen molar-refractivity contribution >= 4 is 78.0 Å². The Morgan fingerprint density at radius 2 is 0.708 bits per heavy atom. The van der Waals surface area contributed by atoms with Gasteiger partial charge in [0.15, 0.2) is 11.2 Å². The maximum absolute atomic E-state index is 16.7. The van der Waals surface area contributed by atoms with E-state index in [1.165, 1.54) is 23.3 Å². The van der Waals surface area contributed by atoms with E-state index in [9.17, 15) is 0 Å². The fourth-order valence-corrected chi connectivity index (χ4v) is 12.5. The predicted molar refractivity (Wildman–Crippen MR) is 289 cm³/mol. The fraction of sp³-hybridized carbons (Fsp3) is 0.0909. The van der Waals surface area contributed by atoms with Crippen molar-refractivity contribution in [2.24, 2.45) is 0 Å². The third-order valence-corrected chi connectivity index (χ3v) is 15.7. The van der Waals surface area contributed by atoms with Crippen molar-refractivity contribution in [3.05, 3.63) is 262 Å². The van der Waals surface area contributed by atoms with Crippen molar-refractivity contribution in [2.45, 2.75) is 38.5 Å². The monoisotopic (exact) mass is 936 g/mol. The summed E-state index contributed by atoms with van der Waals surface area (Å²) in [6, 6.07) is 69.3. The number of aryl methyl sites for hydroxylation is 2. The summed E-state index contributed by atoms with van der Waals surface area (Å²) in [4.78, 5) is 4.02. The average molecular weight is 937 g/mol. The van der Waals surface area contributed by atoms with Gasteiger partial charge in [-0.15, -0.1) is 0 Å². The number of halogens is 2. The first-order valence-corrected chi connectivity index (χ1v) is 24.5. The summed E-state index contributed by atoms with van der Waals surface area (Å²) in [6.07, 6.45) is 0. The zero-order valence-corrected chi connectivity index (χ0v) is 40.1. The van der Waals surface area contributed by atoms with E-state index in [1.807, 2.05) is 70.5 Å². The molecule has 72 heavy (non-hydrogen) atoms. The van der Waals surface area contributed by atoms with E-state index in [-0.39, 0.29) is 17.0 Å². The molecule has 0 amide bonds. The molecule has 12 aromatic rings. The highest BCUT2D eigenvalue weighted by atomic mass is 19.1. The van der Waals surface area contributed by atoms with Crippen LogP contribution in [0.4, 0.5) is 42.9 Å². The van der Waals surface area contributed by atoms with Gasteiger partial charge in [-0.2, -0.15) is 0 Å². The summed E-state index contributed by atoms with van der Waals surface area (Å²) in [7, 11) is 0. The number of anilines is 6. The van der Waals surface area contributed by atoms with Gasteiger partial charge in [-0.25, -0.2) is 8.78 Å². The van der Waals surface area contributed by atoms with Gasteiger partial charge in [0.25, 0.3) is 0 Å². The van der Waals surface area contributed by atoms with Crippen LogP contribution in [0.3, 0.4) is 0 Å². The van der Waals surface area contributed by atoms with Gasteiger partial charge < -0.3 is 18.6 Å². The first-order valence-electron chi connectivity index (χ1n) is 24.5. The molecule has 0 N–H and O–H groups in total. The quantitative estimate of drug-likeness (QED) is 0.166. The highest BCUT2D eigenvalue weighted by molar-refractivity contribution is 6.12. The molecule has 0 aliphatic heterocycles. The second-order valence-electron chi connectivity index (χ2n) is 19.9. The minimum Gasteiger partial charge on any atom is -0.454 e. The van der Waals surface area contributed by atoms with Gasteiger partial charge in [0, 0.05) is 38.3 Å². The molecule has 2 aliphatic rings. The van der Waals surface area contributed by atoms with E-state index < -0.39 is 5.41 Å². The van der Waals surface area contributed by atoms with E-state index in [2.05, 4.69) is 149 Å². The molecule has 1 spiro atoms. The Balaban J connectivity index is 1.07. The molecule has 346 valence electrons. The Labute approximate surface area is 415 Å². The molecule has 0 radical (unpaired) electrons. The first kappa shape index (κ1) is 42.2. The molecule has 2 aromatic heterocycles. The van der Waals surface area contributed by atoms with Crippen LogP contribution in [-0.2, 0) is 10.8 Å². The largest absolute Gasteiger partial charge is 0.454 e. The van der Waals surface area contributed by atoms with Gasteiger partial charge in [0.2, 0.25) is 0 Å². The molecule has 6 heteroatoms. The second-order valence-corrected chi connectivity index (χ2v) is 19.9. The van der Waals surface area contributed by atoms with Crippen LogP contribution >= 0.6 is 0 Å². The second kappa shape index (κ2) is 15.4. The van der Waals surface area contributed by atoms with Crippen LogP contribution in [-0.4, -0.2) is 0 Å². The van der Waals surface area contributed by atoms with Crippen molar-refractivity contribution in [3.8, 4) is 11.1 Å². The number of benzene rings is 10. The molecule has 2 heterocycles. The van der Waals surface area contributed by atoms with E-state index >= 15 is 8.78 Å². The summed E-state index contributed by atoms with van der Waals surface area (Å²) < 4.78 is 47.0. The minimum absolute atomic E-state index is 0.358. The molecule has 10 aromatic carbocycles. The summed E-state index contributed by atoms with van der Waals surface area (Å²) >= 11 is 0. The number of furan rings is 2. The van der Waals surface area contributed by atoms with Gasteiger partial charge in [0.05, 0.1) is 28.2 Å². The third kappa shape index (κ3) is 5.72. The summed E-state index contributed by atoms with van der Waals surface area (Å²) in [5, 5.41) is 3.92. The first-order chi connectivity index (χ1) is 35.1. The standard InChI is InChI=1S/C66H46F2N2O2/c1-39-17-13-19-45-47-21-15-31-59(63(47)71-61(39)45)69(57-29-11-9-27-55(57)67)41-33-35-43-44-36-34-42(38-54(44)66(53(43)37-41)51-25-7-5-23-49(51)65(3,4)50-24-6-8-26-52(50)66)70(58-30-12-10-28-56(58)68)60-32-16-22-48-46-20-14-18-40(2)62(46)72-64(48)60/h5-38H,1-4H3. The van der Waals surface area contributed by atoms with E-state index in [0.29, 0.717) is 22.5 Å². The average Bonchev–Trinajstić information content (AvgIpc) is 4.09. The number of hydrogen-bond donors (Lipinski definition) is 0. The number of rotatable bonds is 6. The Kier molecular flexibility index (Phi) is 9.01. The summed E-state index contributed by atoms with van der Waals surface area (Å²) in [5.74, 6) is -0.717. The molecule has 0 bridgehead atoms. The highest BCUT2D eigenvalue weighted by Crippen LogP contribution is 2.64. The smallest absolute Gasteiger partial charge is 0.159 e. The Morgan fingerprint density at radius 1 is 0.347 bits per heavy atom. The van der Waals surface area contributed by atoms with E-state index in [4.69, 9.17) is 8.83 Å². The molecule has 0 unspecified atom stereocenters. The van der Waals surface area contributed by atoms with Gasteiger partial charge in [-0.3, -0.25) is 0 Å². The van der Waals surface area contributed by atoms with E-state index in [1.54, 1.807) is 12.1 Å². The van der Waals surface area contributed by atoms with Gasteiger partial charge in [-0.1, -0.05) is 159 Å². The SMILES string of the molecule is Cc1cccc2c1oc1c(N(c3ccc4c(c3)C3(c5cc(N(c6ccccc6F)c6cccc7c6oc6c(C)cccc67)ccc5-4)c4ccccc4C(C)(C)c4ccccc43)c3ccccc3F)cccc12. The normalized spacial score (nSPS) is 13.9. The van der Waals surface area contributed by atoms with Gasteiger partial charge in [-0.05, 0) is 130 Å². The fourth-order valence-electron chi connectivity index (χ4n) is 12.5. The molecular weight excluding hydrogens is 891 g/mol. The lowest BCUT2D eigenvalue weighted by atomic mass is 9.55. The summed E-state index contributed by atoms with van der Waals surface area (Å²) in [6.45, 7) is 8.73. The van der Waals surface area contributed by atoms with Crippen LogP contribution in [0, 0.1) is 25.5 Å². The third-order valence-electron chi connectivity index (χ3n) is 15.7. The lowest BCUT2D eigenvalue weighted by Gasteiger charge is -2.47. The Bertz CT molecular complexity index is 3970. The molecule has 2 aliphatic carbocycles. The van der Waals surface area contributed by atoms with E-state index in [0.717, 1.165) is 100.0 Å². The van der Waals surface area contributed by atoms with Gasteiger partial charge in [0.1, 0.15) is 22.8 Å². The lowest BCUT2D eigenvalue weighted by Crippen LogP contribution is -2.40. The summed E-state index contributed by atoms with van der Waals surface area (Å²) in [5.41, 5.74) is 16.5. The lowest BCUT2D eigenvalue weighted by molar-refractivity contribution is 0.563. The van der Waals surface area contributed by atoms with Gasteiger partial charge >= 0.3 is 0 Å². The molecular formula is C66H46F2N2O2. The maximum atomic E-state index is 16.7. The molecule has 14 rings (SSSR count). The van der Waals surface area contributed by atoms with Crippen LogP contribution in [0.2, 0.25) is 0 Å². The Hall–Kier alpha value is -8.74. The van der Waals surface area contributed by atoms with Crippen LogP contribution in [0.15, 0.2) is 215 Å². The topological polar surface area (TPSA) is 32.8 Å². The van der Waals surface area contributed by atoms with Crippen LogP contribution in [0.25, 0.3) is 55.0 Å². The minimum atomic E-state index is -0.883. The van der Waals surface area contributed by atoms with Crippen molar-refractivity contribution < 1.29 is 17.6 Å². The highest BCUT2D eigenvalue weighted by Gasteiger charge is 2.54. The van der Waals surface area contributed by atoms with Crippen LogP contribution in [0.1, 0.15) is 58.4 Å². The van der Waals surface area contributed by atoms with Crippen LogP contribution < -0.4 is 9.80 Å². The number of hydrogen-bond acceptors (Lipinski definition) is 4. The molecule has 0 fully saturated rings. The van der Waals surface area contributed by atoms with Crippen molar-refractivity contribution in [1.82, 2.24) is 0 Å². The number of nitrogens with zero attached hydrogens (tertiary/aromatic N) is 2. The van der Waals surface area contributed by atoms with Crippen molar-refractivity contribution in [2.75, 3.05) is 9.80 Å². The number of fused-ring (bicyclic) bond motifs is 15. The molecule has 0 saturated heterocycles. The van der Waals surface area contributed by atoms with Crippen molar-refractivity contribution in [1.29, 1.82) is 0 Å². The predicted octanol–water partition coefficient (Wildman–Crippen LogP) is 18.3. The number of para-hydroxylation sites is 6. The molecule has 0 saturated carbocycles. The molecule has 4 nitrogen and oxygen atoms in total. The zero-order valence-electron chi connectivity index (χ0n) is 40.1. The van der Waals surface area contributed by atoms with Crippen LogP contribution in [0.5, 0.6) is 0 Å². The molecule has 0 atom stereocenters. The van der Waals surface area contributed by atoms with Crippen molar-refractivity contribution in [3.63, 3.8) is 0 Å². The zero-order chi connectivity index (χ0) is 48.6. The Morgan fingerprint density at radius 3 is 1.14 bits per heavy atom. The maximum Gasteiger partial charge on any atom is 0.159 e.